The number of hydrogen-bond acceptors (Lipinski definition) is 5. The van der Waals surface area contributed by atoms with E-state index < -0.39 is 11.7 Å². The minimum Gasteiger partial charge on any atom is -0.453 e. The molecule has 2 aliphatic heterocycles. The molecular formula is C33H47FN4O4. The summed E-state index contributed by atoms with van der Waals surface area (Å²) in [5, 5.41) is 18.6. The van der Waals surface area contributed by atoms with E-state index in [0.717, 1.165) is 56.4 Å². The highest BCUT2D eigenvalue weighted by atomic mass is 19.1. The molecule has 2 atom stereocenters. The maximum absolute atomic E-state index is 15.7. The first-order chi connectivity index (χ1) is 20.3. The number of methoxy groups -OCH3 is 1. The number of nitrogens with one attached hydrogen (secondary N) is 2. The topological polar surface area (TPSA) is 94.1 Å². The van der Waals surface area contributed by atoms with Gasteiger partial charge in [0.15, 0.2) is 0 Å². The number of carbonyl (C=O) groups is 2. The van der Waals surface area contributed by atoms with E-state index in [1.54, 1.807) is 6.07 Å². The maximum atomic E-state index is 15.7. The van der Waals surface area contributed by atoms with E-state index in [1.807, 2.05) is 47.2 Å². The number of benzene rings is 2. The van der Waals surface area contributed by atoms with E-state index in [0.29, 0.717) is 55.9 Å². The van der Waals surface area contributed by atoms with Crippen LogP contribution in [0.5, 0.6) is 0 Å². The summed E-state index contributed by atoms with van der Waals surface area (Å²) in [6.07, 6.45) is 4.45. The number of piperidine rings is 2. The van der Waals surface area contributed by atoms with Gasteiger partial charge in [0.25, 0.3) is 0 Å². The number of aryl methyl sites for hydroxylation is 1. The highest BCUT2D eigenvalue weighted by molar-refractivity contribution is 5.75. The Morgan fingerprint density at radius 1 is 1.10 bits per heavy atom. The second-order valence-electron chi connectivity index (χ2n) is 11.7. The van der Waals surface area contributed by atoms with E-state index in [2.05, 4.69) is 17.6 Å². The van der Waals surface area contributed by atoms with Crippen LogP contribution >= 0.6 is 0 Å². The SMILES string of the molecule is CCc1cccc(-c2c(F)cccc2C(O)(CCCNC(=O)OC)C2CCCN(C(=O)N3CCC(CNC)CC3)C2)c1. The third-order valence-electron chi connectivity index (χ3n) is 9.04. The molecule has 230 valence electrons. The van der Waals surface area contributed by atoms with Crippen LogP contribution in [0.15, 0.2) is 42.5 Å². The summed E-state index contributed by atoms with van der Waals surface area (Å²) >= 11 is 0. The number of hydrogen-bond donors (Lipinski definition) is 3. The molecule has 2 heterocycles. The molecule has 0 radical (unpaired) electrons. The first kappa shape index (κ1) is 31.8. The monoisotopic (exact) mass is 582 g/mol. The van der Waals surface area contributed by atoms with Gasteiger partial charge in [-0.2, -0.15) is 0 Å². The number of halogens is 1. The van der Waals surface area contributed by atoms with Gasteiger partial charge in [-0.1, -0.05) is 43.3 Å². The normalized spacial score (nSPS) is 19.3. The van der Waals surface area contributed by atoms with Crippen LogP contribution in [0, 0.1) is 17.7 Å². The fourth-order valence-electron chi connectivity index (χ4n) is 6.66. The lowest BCUT2D eigenvalue weighted by molar-refractivity contribution is -0.0566. The van der Waals surface area contributed by atoms with Crippen molar-refractivity contribution in [3.8, 4) is 11.1 Å². The van der Waals surface area contributed by atoms with Crippen molar-refractivity contribution in [3.63, 3.8) is 0 Å². The fourth-order valence-corrected chi connectivity index (χ4v) is 6.66. The number of nitrogens with zero attached hydrogens (tertiary/aromatic N) is 2. The van der Waals surface area contributed by atoms with Crippen molar-refractivity contribution < 1.29 is 23.8 Å². The molecule has 0 saturated carbocycles. The molecule has 2 aliphatic rings. The molecule has 0 aliphatic carbocycles. The second-order valence-corrected chi connectivity index (χ2v) is 11.7. The van der Waals surface area contributed by atoms with Crippen LogP contribution < -0.4 is 10.6 Å². The molecule has 2 aromatic carbocycles. The van der Waals surface area contributed by atoms with E-state index in [9.17, 15) is 14.7 Å². The van der Waals surface area contributed by atoms with Gasteiger partial charge in [0.2, 0.25) is 0 Å². The van der Waals surface area contributed by atoms with Gasteiger partial charge in [-0.25, -0.2) is 14.0 Å². The predicted molar refractivity (Wildman–Crippen MR) is 163 cm³/mol. The lowest BCUT2D eigenvalue weighted by Crippen LogP contribution is -2.53. The molecule has 2 saturated heterocycles. The quantitative estimate of drug-likeness (QED) is 0.337. The summed E-state index contributed by atoms with van der Waals surface area (Å²) in [7, 11) is 3.27. The van der Waals surface area contributed by atoms with Crippen LogP contribution in [-0.2, 0) is 16.8 Å². The van der Waals surface area contributed by atoms with E-state index in [4.69, 9.17) is 4.74 Å². The van der Waals surface area contributed by atoms with Crippen LogP contribution in [0.2, 0.25) is 0 Å². The van der Waals surface area contributed by atoms with Gasteiger partial charge in [0, 0.05) is 44.2 Å². The number of aliphatic hydroxyl groups is 1. The van der Waals surface area contributed by atoms with E-state index in [-0.39, 0.29) is 17.8 Å². The van der Waals surface area contributed by atoms with E-state index >= 15 is 4.39 Å². The van der Waals surface area contributed by atoms with Crippen LogP contribution in [-0.4, -0.2) is 80.5 Å². The Bertz CT molecular complexity index is 1200. The third kappa shape index (κ3) is 7.42. The number of ether oxygens (including phenoxy) is 1. The third-order valence-corrected chi connectivity index (χ3v) is 9.04. The second kappa shape index (κ2) is 14.8. The lowest BCUT2D eigenvalue weighted by Gasteiger charge is -2.45. The van der Waals surface area contributed by atoms with Crippen molar-refractivity contribution in [1.29, 1.82) is 0 Å². The molecule has 0 aromatic heterocycles. The van der Waals surface area contributed by atoms with Crippen molar-refractivity contribution in [3.05, 3.63) is 59.4 Å². The Morgan fingerprint density at radius 2 is 1.86 bits per heavy atom. The van der Waals surface area contributed by atoms with Gasteiger partial charge in [-0.15, -0.1) is 0 Å². The molecule has 2 unspecified atom stereocenters. The number of alkyl carbamates (subject to hydrolysis) is 1. The van der Waals surface area contributed by atoms with Crippen molar-refractivity contribution in [2.75, 3.05) is 53.4 Å². The van der Waals surface area contributed by atoms with Crippen LogP contribution in [0.4, 0.5) is 14.0 Å². The van der Waals surface area contributed by atoms with Gasteiger partial charge in [0.05, 0.1) is 12.7 Å². The summed E-state index contributed by atoms with van der Waals surface area (Å²) in [5.41, 5.74) is 1.31. The average molecular weight is 583 g/mol. The molecule has 4 rings (SSSR count). The molecule has 0 bridgehead atoms. The fraction of sp³-hybridized carbons (Fsp3) is 0.576. The zero-order chi connectivity index (χ0) is 30.1. The maximum Gasteiger partial charge on any atom is 0.406 e. The number of likely N-dealkylation sites (tertiary alicyclic amines) is 2. The molecule has 3 amide bonds. The average Bonchev–Trinajstić information content (AvgIpc) is 3.03. The first-order valence-electron chi connectivity index (χ1n) is 15.4. The van der Waals surface area contributed by atoms with Crippen LogP contribution in [0.1, 0.15) is 56.6 Å². The molecular weight excluding hydrogens is 535 g/mol. The molecule has 2 aromatic rings. The molecule has 9 heteroatoms. The summed E-state index contributed by atoms with van der Waals surface area (Å²) in [6.45, 7) is 5.82. The zero-order valence-corrected chi connectivity index (χ0v) is 25.3. The molecule has 2 fully saturated rings. The largest absolute Gasteiger partial charge is 0.453 e. The van der Waals surface area contributed by atoms with Crippen molar-refractivity contribution >= 4 is 12.1 Å². The number of urea groups is 1. The van der Waals surface area contributed by atoms with Gasteiger partial charge >= 0.3 is 12.1 Å². The number of carbonyl (C=O) groups excluding carboxylic acids is 2. The summed E-state index contributed by atoms with van der Waals surface area (Å²) in [6, 6.07) is 12.7. The Kier molecular flexibility index (Phi) is 11.2. The Labute approximate surface area is 249 Å². The van der Waals surface area contributed by atoms with Gasteiger partial charge < -0.3 is 30.3 Å². The van der Waals surface area contributed by atoms with Crippen molar-refractivity contribution in [2.24, 2.45) is 11.8 Å². The smallest absolute Gasteiger partial charge is 0.406 e. The summed E-state index contributed by atoms with van der Waals surface area (Å²) in [5.74, 6) is -0.112. The standard InChI is InChI=1S/C33H47FN4O4/c1-4-24-9-5-10-26(21-24)30-28(12-6-13-29(30)34)33(41,16-8-17-36-31(39)42-3)27-11-7-18-38(23-27)32(40)37-19-14-25(15-20-37)22-35-2/h5-6,9-10,12-13,21,25,27,35,41H,4,7-8,11,14-20,22-23H2,1-3H3,(H,36,39). The van der Waals surface area contributed by atoms with Gasteiger partial charge in [-0.3, -0.25) is 0 Å². The minimum absolute atomic E-state index is 0.0208. The molecule has 8 nitrogen and oxygen atoms in total. The molecule has 42 heavy (non-hydrogen) atoms. The molecule has 3 N–H and O–H groups in total. The highest BCUT2D eigenvalue weighted by Gasteiger charge is 2.43. The Balaban J connectivity index is 1.63. The van der Waals surface area contributed by atoms with Crippen molar-refractivity contribution in [1.82, 2.24) is 20.4 Å². The van der Waals surface area contributed by atoms with E-state index in [1.165, 1.54) is 13.2 Å². The van der Waals surface area contributed by atoms with Crippen molar-refractivity contribution in [2.45, 2.75) is 57.5 Å². The highest BCUT2D eigenvalue weighted by Crippen LogP contribution is 2.44. The summed E-state index contributed by atoms with van der Waals surface area (Å²) in [4.78, 5) is 29.1. The van der Waals surface area contributed by atoms with Gasteiger partial charge in [-0.05, 0) is 87.2 Å². The summed E-state index contributed by atoms with van der Waals surface area (Å²) < 4.78 is 20.4. The predicted octanol–water partition coefficient (Wildman–Crippen LogP) is 5.14. The number of rotatable bonds is 10. The minimum atomic E-state index is -1.42. The lowest BCUT2D eigenvalue weighted by atomic mass is 9.72. The van der Waals surface area contributed by atoms with Crippen LogP contribution in [0.3, 0.4) is 0 Å². The van der Waals surface area contributed by atoms with Crippen LogP contribution in [0.25, 0.3) is 11.1 Å². The first-order valence-corrected chi connectivity index (χ1v) is 15.4. The molecule has 0 spiro atoms. The Morgan fingerprint density at radius 3 is 2.57 bits per heavy atom. The Hall–Kier alpha value is -3.17. The number of amides is 3. The van der Waals surface area contributed by atoms with Gasteiger partial charge in [0.1, 0.15) is 5.82 Å². The zero-order valence-electron chi connectivity index (χ0n) is 25.3.